The number of nitrogens with one attached hydrogen (secondary N) is 2. The van der Waals surface area contributed by atoms with Crippen LogP contribution in [0, 0.1) is 0 Å². The molecule has 0 bridgehead atoms. The molecule has 118 valence electrons. The number of anilines is 3. The van der Waals surface area contributed by atoms with E-state index < -0.39 is 0 Å². The van der Waals surface area contributed by atoms with Crippen molar-refractivity contribution >= 4 is 40.6 Å². The van der Waals surface area contributed by atoms with Crippen LogP contribution in [0.25, 0.3) is 0 Å². The molecule has 1 aliphatic rings. The van der Waals surface area contributed by atoms with Crippen molar-refractivity contribution in [1.29, 1.82) is 0 Å². The Balaban J connectivity index is 1.68. The van der Waals surface area contributed by atoms with E-state index in [1.54, 1.807) is 41.3 Å². The molecule has 3 rings (SSSR count). The van der Waals surface area contributed by atoms with Crippen LogP contribution in [0.15, 0.2) is 48.5 Å². The monoisotopic (exact) mass is 329 g/mol. The fraction of sp³-hybridized carbons (Fsp3) is 0.176. The Hall–Kier alpha value is -2.53. The highest BCUT2D eigenvalue weighted by molar-refractivity contribution is 6.30. The summed E-state index contributed by atoms with van der Waals surface area (Å²) in [6.07, 6.45) is 1.44. The van der Waals surface area contributed by atoms with Gasteiger partial charge in [-0.2, -0.15) is 0 Å². The van der Waals surface area contributed by atoms with Crippen molar-refractivity contribution in [2.24, 2.45) is 0 Å². The van der Waals surface area contributed by atoms with Crippen LogP contribution >= 0.6 is 11.6 Å². The Labute approximate surface area is 139 Å². The number of amides is 3. The van der Waals surface area contributed by atoms with Crippen LogP contribution in [0.3, 0.4) is 0 Å². The molecular weight excluding hydrogens is 314 g/mol. The maximum atomic E-state index is 12.0. The van der Waals surface area contributed by atoms with E-state index in [-0.39, 0.29) is 11.9 Å². The molecule has 0 atom stereocenters. The predicted molar refractivity (Wildman–Crippen MR) is 92.1 cm³/mol. The number of rotatable bonds is 3. The lowest BCUT2D eigenvalue weighted by molar-refractivity contribution is -0.117. The highest BCUT2D eigenvalue weighted by Crippen LogP contribution is 2.24. The molecule has 23 heavy (non-hydrogen) atoms. The third-order valence-electron chi connectivity index (χ3n) is 3.57. The summed E-state index contributed by atoms with van der Waals surface area (Å²) >= 11 is 5.89. The topological polar surface area (TPSA) is 61.4 Å². The zero-order chi connectivity index (χ0) is 16.2. The molecule has 6 heteroatoms. The third-order valence-corrected chi connectivity index (χ3v) is 3.81. The highest BCUT2D eigenvalue weighted by atomic mass is 35.5. The van der Waals surface area contributed by atoms with Gasteiger partial charge in [-0.1, -0.05) is 23.7 Å². The van der Waals surface area contributed by atoms with E-state index in [1.165, 1.54) is 0 Å². The number of urea groups is 1. The molecule has 1 saturated heterocycles. The summed E-state index contributed by atoms with van der Waals surface area (Å²) < 4.78 is 0. The maximum absolute atomic E-state index is 12.0. The first-order valence-electron chi connectivity index (χ1n) is 7.36. The van der Waals surface area contributed by atoms with Gasteiger partial charge in [0.15, 0.2) is 0 Å². The Bertz CT molecular complexity index is 748. The molecule has 0 aliphatic carbocycles. The van der Waals surface area contributed by atoms with E-state index in [1.807, 2.05) is 12.1 Å². The minimum atomic E-state index is -0.364. The molecule has 1 heterocycles. The van der Waals surface area contributed by atoms with Crippen LogP contribution in [0.1, 0.15) is 12.8 Å². The average Bonchev–Trinajstić information content (AvgIpc) is 2.93. The van der Waals surface area contributed by atoms with Gasteiger partial charge in [0.05, 0.1) is 0 Å². The van der Waals surface area contributed by atoms with E-state index in [9.17, 15) is 9.59 Å². The van der Waals surface area contributed by atoms with E-state index in [4.69, 9.17) is 11.6 Å². The van der Waals surface area contributed by atoms with Gasteiger partial charge in [-0.05, 0) is 42.8 Å². The second-order valence-electron chi connectivity index (χ2n) is 5.29. The molecule has 5 nitrogen and oxygen atoms in total. The largest absolute Gasteiger partial charge is 0.323 e. The molecule has 3 amide bonds. The van der Waals surface area contributed by atoms with Crippen molar-refractivity contribution in [2.75, 3.05) is 22.1 Å². The molecule has 0 radical (unpaired) electrons. The highest BCUT2D eigenvalue weighted by Gasteiger charge is 2.21. The van der Waals surface area contributed by atoms with E-state index in [0.717, 1.165) is 18.7 Å². The summed E-state index contributed by atoms with van der Waals surface area (Å²) in [5, 5.41) is 6.02. The van der Waals surface area contributed by atoms with Crippen molar-refractivity contribution < 1.29 is 9.59 Å². The van der Waals surface area contributed by atoms with E-state index >= 15 is 0 Å². The average molecular weight is 330 g/mol. The maximum Gasteiger partial charge on any atom is 0.323 e. The number of carbonyl (C=O) groups excluding carboxylic acids is 2. The molecule has 2 N–H and O–H groups in total. The molecule has 1 fully saturated rings. The van der Waals surface area contributed by atoms with Gasteiger partial charge in [-0.15, -0.1) is 0 Å². The Kier molecular flexibility index (Phi) is 4.48. The van der Waals surface area contributed by atoms with Crippen LogP contribution in [0.4, 0.5) is 21.9 Å². The van der Waals surface area contributed by atoms with Crippen molar-refractivity contribution in [3.63, 3.8) is 0 Å². The normalized spacial score (nSPS) is 14.0. The molecule has 0 unspecified atom stereocenters. The van der Waals surface area contributed by atoms with Crippen LogP contribution in [0.2, 0.25) is 5.02 Å². The zero-order valence-electron chi connectivity index (χ0n) is 12.4. The van der Waals surface area contributed by atoms with Gasteiger partial charge in [-0.25, -0.2) is 4.79 Å². The number of hydrogen-bond acceptors (Lipinski definition) is 2. The van der Waals surface area contributed by atoms with Crippen LogP contribution in [-0.4, -0.2) is 18.5 Å². The number of hydrogen-bond donors (Lipinski definition) is 2. The van der Waals surface area contributed by atoms with Crippen molar-refractivity contribution in [1.82, 2.24) is 0 Å². The first-order chi connectivity index (χ1) is 11.1. The summed E-state index contributed by atoms with van der Waals surface area (Å²) in [7, 11) is 0. The lowest BCUT2D eigenvalue weighted by atomic mass is 10.2. The second-order valence-corrected chi connectivity index (χ2v) is 5.73. The van der Waals surface area contributed by atoms with Gasteiger partial charge in [-0.3, -0.25) is 4.79 Å². The van der Waals surface area contributed by atoms with E-state index in [2.05, 4.69) is 10.6 Å². The quantitative estimate of drug-likeness (QED) is 0.890. The van der Waals surface area contributed by atoms with Crippen molar-refractivity contribution in [3.8, 4) is 0 Å². The first kappa shape index (κ1) is 15.4. The Morgan fingerprint density at radius 3 is 2.39 bits per heavy atom. The smallest absolute Gasteiger partial charge is 0.312 e. The minimum absolute atomic E-state index is 0.116. The standard InChI is InChI=1S/C17H16ClN3O2/c18-12-4-1-5-13(10-12)19-17(23)20-14-6-2-7-15(11-14)21-9-3-8-16(21)22/h1-2,4-7,10-11H,3,8-9H2,(H2,19,20,23). The predicted octanol–water partition coefficient (Wildman–Crippen LogP) is 4.11. The summed E-state index contributed by atoms with van der Waals surface area (Å²) in [4.78, 5) is 25.6. The SMILES string of the molecule is O=C(Nc1cccc(Cl)c1)Nc1cccc(N2CCCC2=O)c1. The molecule has 2 aromatic carbocycles. The lowest BCUT2D eigenvalue weighted by Gasteiger charge is -2.17. The summed E-state index contributed by atoms with van der Waals surface area (Å²) in [5.41, 5.74) is 2.04. The fourth-order valence-corrected chi connectivity index (χ4v) is 2.72. The molecule has 2 aromatic rings. The van der Waals surface area contributed by atoms with Gasteiger partial charge in [0.2, 0.25) is 5.91 Å². The van der Waals surface area contributed by atoms with Crippen LogP contribution < -0.4 is 15.5 Å². The Morgan fingerprint density at radius 1 is 1.04 bits per heavy atom. The number of carbonyl (C=O) groups is 2. The minimum Gasteiger partial charge on any atom is -0.312 e. The first-order valence-corrected chi connectivity index (χ1v) is 7.73. The van der Waals surface area contributed by atoms with Crippen LogP contribution in [-0.2, 0) is 4.79 Å². The van der Waals surface area contributed by atoms with Gasteiger partial charge in [0, 0.05) is 35.1 Å². The summed E-state index contributed by atoms with van der Waals surface area (Å²) in [5.74, 6) is 0.116. The molecule has 0 spiro atoms. The number of nitrogens with zero attached hydrogens (tertiary/aromatic N) is 1. The molecule has 1 aliphatic heterocycles. The van der Waals surface area contributed by atoms with Crippen molar-refractivity contribution in [3.05, 3.63) is 53.6 Å². The lowest BCUT2D eigenvalue weighted by Crippen LogP contribution is -2.24. The van der Waals surface area contributed by atoms with Crippen molar-refractivity contribution in [2.45, 2.75) is 12.8 Å². The van der Waals surface area contributed by atoms with E-state index in [0.29, 0.717) is 22.8 Å². The summed E-state index contributed by atoms with van der Waals surface area (Å²) in [6.45, 7) is 0.719. The van der Waals surface area contributed by atoms with Crippen LogP contribution in [0.5, 0.6) is 0 Å². The Morgan fingerprint density at radius 2 is 1.74 bits per heavy atom. The molecule has 0 aromatic heterocycles. The van der Waals surface area contributed by atoms with Gasteiger partial charge in [0.25, 0.3) is 0 Å². The number of benzene rings is 2. The van der Waals surface area contributed by atoms with Gasteiger partial charge < -0.3 is 15.5 Å². The van der Waals surface area contributed by atoms with Gasteiger partial charge >= 0.3 is 6.03 Å². The molecule has 0 saturated carbocycles. The summed E-state index contributed by atoms with van der Waals surface area (Å²) in [6, 6.07) is 13.8. The third kappa shape index (κ3) is 3.81. The number of halogens is 1. The fourth-order valence-electron chi connectivity index (χ4n) is 2.53. The molecular formula is C17H16ClN3O2. The zero-order valence-corrected chi connectivity index (χ0v) is 13.1. The second kappa shape index (κ2) is 6.71. The van der Waals surface area contributed by atoms with Gasteiger partial charge in [0.1, 0.15) is 0 Å².